The number of rotatable bonds is 6. The van der Waals surface area contributed by atoms with Crippen molar-refractivity contribution in [1.29, 1.82) is 0 Å². The Labute approximate surface area is 183 Å². The van der Waals surface area contributed by atoms with Crippen LogP contribution in [0.2, 0.25) is 5.02 Å². The quantitative estimate of drug-likeness (QED) is 0.403. The van der Waals surface area contributed by atoms with Gasteiger partial charge in [0.2, 0.25) is 5.91 Å². The Morgan fingerprint density at radius 3 is 2.77 bits per heavy atom. The van der Waals surface area contributed by atoms with Crippen molar-refractivity contribution < 1.29 is 9.53 Å². The molecule has 0 N–H and O–H groups in total. The molecule has 0 saturated heterocycles. The van der Waals surface area contributed by atoms with Gasteiger partial charge in [0, 0.05) is 11.2 Å². The van der Waals surface area contributed by atoms with E-state index in [0.717, 1.165) is 32.8 Å². The summed E-state index contributed by atoms with van der Waals surface area (Å²) in [6, 6.07) is 17.0. The molecule has 1 amide bonds. The third-order valence-electron chi connectivity index (χ3n) is 4.73. The van der Waals surface area contributed by atoms with E-state index in [4.69, 9.17) is 16.3 Å². The molecule has 4 rings (SSSR count). The van der Waals surface area contributed by atoms with Crippen LogP contribution in [0.1, 0.15) is 16.8 Å². The number of thiazole rings is 1. The van der Waals surface area contributed by atoms with Gasteiger partial charge >= 0.3 is 0 Å². The number of carbonyl (C=O) groups excluding carboxylic acids is 1. The van der Waals surface area contributed by atoms with Crippen LogP contribution in [0.25, 0.3) is 10.2 Å². The van der Waals surface area contributed by atoms with Crippen LogP contribution in [-0.2, 0) is 17.8 Å². The highest BCUT2D eigenvalue weighted by Gasteiger charge is 2.21. The number of ether oxygens (including phenoxy) is 1. The fourth-order valence-electron chi connectivity index (χ4n) is 3.24. The molecule has 152 valence electrons. The molecule has 0 unspecified atom stereocenters. The van der Waals surface area contributed by atoms with Crippen molar-refractivity contribution in [2.24, 2.45) is 0 Å². The predicted octanol–water partition coefficient (Wildman–Crippen LogP) is 5.44. The fourth-order valence-corrected chi connectivity index (χ4v) is 4.50. The predicted molar refractivity (Wildman–Crippen MR) is 121 cm³/mol. The number of carbonyl (C=O) groups is 1. The van der Waals surface area contributed by atoms with Crippen LogP contribution in [0.5, 0.6) is 5.75 Å². The summed E-state index contributed by atoms with van der Waals surface area (Å²) < 4.78 is 6.26. The summed E-state index contributed by atoms with van der Waals surface area (Å²) in [6.07, 6.45) is 1.98. The van der Waals surface area contributed by atoms with Gasteiger partial charge in [-0.15, -0.1) is 0 Å². The number of aryl methyl sites for hydroxylation is 1. The Bertz CT molecular complexity index is 1190. The highest BCUT2D eigenvalue weighted by Crippen LogP contribution is 2.32. The van der Waals surface area contributed by atoms with Crippen LogP contribution in [0.15, 0.2) is 60.8 Å². The minimum atomic E-state index is -0.0460. The second kappa shape index (κ2) is 8.81. The lowest BCUT2D eigenvalue weighted by Crippen LogP contribution is -2.32. The molecule has 7 heteroatoms. The molecule has 0 spiro atoms. The van der Waals surface area contributed by atoms with Gasteiger partial charge in [0.1, 0.15) is 5.75 Å². The summed E-state index contributed by atoms with van der Waals surface area (Å²) in [6.45, 7) is 2.32. The Morgan fingerprint density at radius 1 is 1.17 bits per heavy atom. The van der Waals surface area contributed by atoms with E-state index >= 15 is 0 Å². The minimum Gasteiger partial charge on any atom is -0.496 e. The Hall–Kier alpha value is -2.96. The number of amides is 1. The van der Waals surface area contributed by atoms with E-state index in [-0.39, 0.29) is 12.3 Å². The molecule has 0 aliphatic heterocycles. The van der Waals surface area contributed by atoms with Gasteiger partial charge in [0.05, 0.1) is 36.0 Å². The van der Waals surface area contributed by atoms with E-state index in [1.807, 2.05) is 55.5 Å². The van der Waals surface area contributed by atoms with E-state index in [0.29, 0.717) is 16.7 Å². The average molecular weight is 438 g/mol. The molecular weight excluding hydrogens is 418 g/mol. The van der Waals surface area contributed by atoms with Gasteiger partial charge < -0.3 is 4.74 Å². The Morgan fingerprint density at radius 2 is 2.03 bits per heavy atom. The van der Waals surface area contributed by atoms with E-state index in [9.17, 15) is 4.79 Å². The average Bonchev–Trinajstić information content (AvgIpc) is 3.15. The van der Waals surface area contributed by atoms with E-state index in [1.165, 1.54) is 11.3 Å². The highest BCUT2D eigenvalue weighted by atomic mass is 35.5. The molecule has 5 nitrogen and oxygen atoms in total. The van der Waals surface area contributed by atoms with Gasteiger partial charge in [0.25, 0.3) is 0 Å². The van der Waals surface area contributed by atoms with Gasteiger partial charge in [0.15, 0.2) is 5.13 Å². The second-order valence-electron chi connectivity index (χ2n) is 6.89. The van der Waals surface area contributed by atoms with E-state index in [1.54, 1.807) is 24.3 Å². The lowest BCUT2D eigenvalue weighted by molar-refractivity contribution is -0.118. The topological polar surface area (TPSA) is 55.3 Å². The molecule has 0 radical (unpaired) electrons. The Kier molecular flexibility index (Phi) is 5.97. The van der Waals surface area contributed by atoms with Crippen LogP contribution in [0.3, 0.4) is 0 Å². The van der Waals surface area contributed by atoms with Crippen molar-refractivity contribution in [1.82, 2.24) is 9.97 Å². The maximum atomic E-state index is 13.3. The first kappa shape index (κ1) is 20.3. The van der Waals surface area contributed by atoms with Gasteiger partial charge in [-0.2, -0.15) is 0 Å². The third-order valence-corrected chi connectivity index (χ3v) is 6.01. The number of benzene rings is 2. The maximum Gasteiger partial charge on any atom is 0.233 e. The van der Waals surface area contributed by atoms with Crippen molar-refractivity contribution in [2.45, 2.75) is 19.9 Å². The van der Waals surface area contributed by atoms with Crippen molar-refractivity contribution >= 4 is 44.2 Å². The second-order valence-corrected chi connectivity index (χ2v) is 8.34. The molecule has 2 heterocycles. The zero-order valence-electron chi connectivity index (χ0n) is 16.6. The van der Waals surface area contributed by atoms with Crippen molar-refractivity contribution in [3.8, 4) is 5.75 Å². The summed E-state index contributed by atoms with van der Waals surface area (Å²) in [7, 11) is 1.64. The SMILES string of the molecule is COc1ccc(CC(=O)N(Cc2ccccn2)c2nc3ccc(Cl)cc3s2)cc1C. The number of anilines is 1. The molecule has 2 aromatic carbocycles. The summed E-state index contributed by atoms with van der Waals surface area (Å²) in [5.74, 6) is 0.759. The molecule has 0 atom stereocenters. The summed E-state index contributed by atoms with van der Waals surface area (Å²) >= 11 is 7.57. The lowest BCUT2D eigenvalue weighted by atomic mass is 10.1. The monoisotopic (exact) mass is 437 g/mol. The first-order valence-electron chi connectivity index (χ1n) is 9.43. The molecule has 0 saturated carbocycles. The van der Waals surface area contributed by atoms with Crippen LogP contribution in [0, 0.1) is 6.92 Å². The van der Waals surface area contributed by atoms with Gasteiger partial charge in [-0.1, -0.05) is 41.1 Å². The number of methoxy groups -OCH3 is 1. The molecule has 2 aromatic heterocycles. The van der Waals surface area contributed by atoms with E-state index in [2.05, 4.69) is 9.97 Å². The molecule has 0 aliphatic rings. The van der Waals surface area contributed by atoms with Gasteiger partial charge in [-0.25, -0.2) is 4.98 Å². The third kappa shape index (κ3) is 4.45. The lowest BCUT2D eigenvalue weighted by Gasteiger charge is -2.20. The van der Waals surface area contributed by atoms with E-state index < -0.39 is 0 Å². The maximum absolute atomic E-state index is 13.3. The first-order chi connectivity index (χ1) is 14.5. The van der Waals surface area contributed by atoms with Crippen LogP contribution >= 0.6 is 22.9 Å². The fraction of sp³-hybridized carbons (Fsp3) is 0.174. The number of pyridine rings is 1. The molecule has 0 aliphatic carbocycles. The standard InChI is InChI=1S/C23H20ClN3O2S/c1-15-11-16(6-9-20(15)29-2)12-22(28)27(14-18-5-3-4-10-25-18)23-26-19-8-7-17(24)13-21(19)30-23/h3-11,13H,12,14H2,1-2H3. The largest absolute Gasteiger partial charge is 0.496 e. The molecule has 0 bridgehead atoms. The zero-order valence-corrected chi connectivity index (χ0v) is 18.2. The van der Waals surface area contributed by atoms with Crippen molar-refractivity contribution in [3.63, 3.8) is 0 Å². The van der Waals surface area contributed by atoms with Gasteiger partial charge in [-0.3, -0.25) is 14.7 Å². The molecule has 30 heavy (non-hydrogen) atoms. The minimum absolute atomic E-state index is 0.0460. The number of aromatic nitrogens is 2. The summed E-state index contributed by atoms with van der Waals surface area (Å²) in [5, 5.41) is 1.28. The number of hydrogen-bond donors (Lipinski definition) is 0. The summed E-state index contributed by atoms with van der Waals surface area (Å²) in [5.41, 5.74) is 3.54. The summed E-state index contributed by atoms with van der Waals surface area (Å²) in [4.78, 5) is 24.1. The molecule has 4 aromatic rings. The van der Waals surface area contributed by atoms with Gasteiger partial charge in [-0.05, 0) is 54.4 Å². The molecular formula is C23H20ClN3O2S. The number of halogens is 1. The smallest absolute Gasteiger partial charge is 0.233 e. The van der Waals surface area contributed by atoms with Crippen molar-refractivity contribution in [3.05, 3.63) is 82.6 Å². The van der Waals surface area contributed by atoms with Crippen LogP contribution < -0.4 is 9.64 Å². The highest BCUT2D eigenvalue weighted by molar-refractivity contribution is 7.22. The molecule has 0 fully saturated rings. The van der Waals surface area contributed by atoms with Crippen molar-refractivity contribution in [2.75, 3.05) is 12.0 Å². The van der Waals surface area contributed by atoms with Crippen LogP contribution in [-0.4, -0.2) is 23.0 Å². The normalized spacial score (nSPS) is 10.9. The Balaban J connectivity index is 1.66. The number of hydrogen-bond acceptors (Lipinski definition) is 5. The number of fused-ring (bicyclic) bond motifs is 1. The number of nitrogens with zero attached hydrogens (tertiary/aromatic N) is 3. The van der Waals surface area contributed by atoms with Crippen LogP contribution in [0.4, 0.5) is 5.13 Å². The zero-order chi connectivity index (χ0) is 21.1. The first-order valence-corrected chi connectivity index (χ1v) is 10.6.